The van der Waals surface area contributed by atoms with Gasteiger partial charge in [0.05, 0.1) is 25.2 Å². The zero-order valence-electron chi connectivity index (χ0n) is 10.2. The highest BCUT2D eigenvalue weighted by Gasteiger charge is 2.24. The van der Waals surface area contributed by atoms with Gasteiger partial charge in [0.25, 0.3) is 0 Å². The molecule has 0 N–H and O–H groups in total. The summed E-state index contributed by atoms with van der Waals surface area (Å²) in [6.45, 7) is 2.22. The fourth-order valence-electron chi connectivity index (χ4n) is 1.53. The molecule has 2 aromatic rings. The monoisotopic (exact) mass is 301 g/mol. The first-order valence-corrected chi connectivity index (χ1v) is 7.36. The fourth-order valence-corrected chi connectivity index (χ4v) is 2.93. The molecule has 0 aliphatic rings. The molecular weight excluding hydrogens is 290 g/mol. The third kappa shape index (κ3) is 3.12. The van der Waals surface area contributed by atoms with Crippen LogP contribution in [0.5, 0.6) is 0 Å². The van der Waals surface area contributed by atoms with E-state index in [0.717, 1.165) is 0 Å². The summed E-state index contributed by atoms with van der Waals surface area (Å²) < 4.78 is 31.2. The topological polar surface area (TPSA) is 76.3 Å². The maximum Gasteiger partial charge on any atom is 0.246 e. The number of nitrogens with zero attached hydrogens (tertiary/aromatic N) is 3. The molecule has 2 aromatic heterocycles. The van der Waals surface area contributed by atoms with Gasteiger partial charge in [0, 0.05) is 6.54 Å². The summed E-state index contributed by atoms with van der Waals surface area (Å²) in [5.74, 6) is 0.570. The molecule has 8 heteroatoms. The molecule has 0 spiro atoms. The van der Waals surface area contributed by atoms with Gasteiger partial charge >= 0.3 is 0 Å². The van der Waals surface area contributed by atoms with Gasteiger partial charge < -0.3 is 4.42 Å². The summed E-state index contributed by atoms with van der Waals surface area (Å²) in [6.07, 6.45) is 3.88. The summed E-state index contributed by atoms with van der Waals surface area (Å²) in [6, 6.07) is 3.43. The Morgan fingerprint density at radius 3 is 2.58 bits per heavy atom. The number of halogens is 1. The Balaban J connectivity index is 2.28. The summed E-state index contributed by atoms with van der Waals surface area (Å²) in [5, 5.41) is 0.00744. The summed E-state index contributed by atoms with van der Waals surface area (Å²) in [5.41, 5.74) is 0. The van der Waals surface area contributed by atoms with Crippen LogP contribution in [0.3, 0.4) is 0 Å². The van der Waals surface area contributed by atoms with Gasteiger partial charge in [-0.05, 0) is 23.7 Å². The lowest BCUT2D eigenvalue weighted by atomic mass is 10.4. The maximum atomic E-state index is 12.4. The molecule has 0 aliphatic carbocycles. The first-order chi connectivity index (χ1) is 9.04. The van der Waals surface area contributed by atoms with E-state index in [1.54, 1.807) is 19.1 Å². The number of aromatic nitrogens is 2. The van der Waals surface area contributed by atoms with E-state index in [4.69, 9.17) is 16.0 Å². The Bertz CT molecular complexity index is 626. The van der Waals surface area contributed by atoms with E-state index >= 15 is 0 Å². The van der Waals surface area contributed by atoms with Crippen LogP contribution in [0.4, 0.5) is 0 Å². The molecule has 0 saturated carbocycles. The van der Waals surface area contributed by atoms with Crippen LogP contribution < -0.4 is 0 Å². The van der Waals surface area contributed by atoms with E-state index in [1.165, 1.54) is 23.0 Å². The van der Waals surface area contributed by atoms with E-state index in [0.29, 0.717) is 12.3 Å². The van der Waals surface area contributed by atoms with Gasteiger partial charge in [-0.25, -0.2) is 18.4 Å². The molecule has 0 unspecified atom stereocenters. The number of rotatable bonds is 5. The molecule has 19 heavy (non-hydrogen) atoms. The Labute approximate surface area is 116 Å². The lowest BCUT2D eigenvalue weighted by molar-refractivity contribution is 0.375. The molecule has 102 valence electrons. The van der Waals surface area contributed by atoms with Crippen molar-refractivity contribution in [2.24, 2.45) is 0 Å². The van der Waals surface area contributed by atoms with Crippen molar-refractivity contribution in [3.8, 4) is 0 Å². The largest absolute Gasteiger partial charge is 0.468 e. The zero-order chi connectivity index (χ0) is 13.9. The summed E-state index contributed by atoms with van der Waals surface area (Å²) in [4.78, 5) is 7.37. The lowest BCUT2D eigenvalue weighted by Crippen LogP contribution is -2.30. The molecule has 6 nitrogen and oxygen atoms in total. The van der Waals surface area contributed by atoms with E-state index in [-0.39, 0.29) is 16.7 Å². The van der Waals surface area contributed by atoms with E-state index < -0.39 is 10.0 Å². The first kappa shape index (κ1) is 14.0. The predicted molar refractivity (Wildman–Crippen MR) is 69.0 cm³/mol. The minimum Gasteiger partial charge on any atom is -0.468 e. The minimum atomic E-state index is -3.65. The maximum absolute atomic E-state index is 12.4. The Kier molecular flexibility index (Phi) is 4.18. The van der Waals surface area contributed by atoms with Crippen LogP contribution in [0.25, 0.3) is 0 Å². The molecule has 2 heterocycles. The number of hydrogen-bond donors (Lipinski definition) is 0. The number of hydrogen-bond acceptors (Lipinski definition) is 5. The van der Waals surface area contributed by atoms with Gasteiger partial charge in [0.15, 0.2) is 0 Å². The third-order valence-corrected chi connectivity index (χ3v) is 4.57. The minimum absolute atomic E-state index is 0.00491. The average Bonchev–Trinajstić information content (AvgIpc) is 2.89. The van der Waals surface area contributed by atoms with Crippen molar-refractivity contribution in [1.29, 1.82) is 0 Å². The van der Waals surface area contributed by atoms with Crippen molar-refractivity contribution >= 4 is 21.6 Å². The van der Waals surface area contributed by atoms with Crippen LogP contribution in [0.1, 0.15) is 12.7 Å². The van der Waals surface area contributed by atoms with Crippen LogP contribution in [0, 0.1) is 0 Å². The van der Waals surface area contributed by atoms with Crippen LogP contribution >= 0.6 is 11.6 Å². The van der Waals surface area contributed by atoms with Crippen molar-refractivity contribution in [2.75, 3.05) is 6.54 Å². The normalized spacial score (nSPS) is 11.9. The molecule has 2 rings (SSSR count). The number of sulfonamides is 1. The van der Waals surface area contributed by atoms with Gasteiger partial charge in [-0.2, -0.15) is 4.31 Å². The fraction of sp³-hybridized carbons (Fsp3) is 0.273. The van der Waals surface area contributed by atoms with E-state index in [2.05, 4.69) is 9.97 Å². The second-order valence-corrected chi connectivity index (χ2v) is 5.97. The van der Waals surface area contributed by atoms with Gasteiger partial charge in [0.1, 0.15) is 10.7 Å². The molecule has 0 saturated heterocycles. The van der Waals surface area contributed by atoms with Gasteiger partial charge in [-0.1, -0.05) is 6.92 Å². The van der Waals surface area contributed by atoms with Gasteiger partial charge in [0.2, 0.25) is 15.3 Å². The highest BCUT2D eigenvalue weighted by Crippen LogP contribution is 2.17. The van der Waals surface area contributed by atoms with Crippen LogP contribution in [0.2, 0.25) is 5.28 Å². The van der Waals surface area contributed by atoms with Crippen molar-refractivity contribution in [3.63, 3.8) is 0 Å². The predicted octanol–water partition coefficient (Wildman–Crippen LogP) is 1.93. The molecule has 0 radical (unpaired) electrons. The molecule has 0 bridgehead atoms. The molecule has 0 atom stereocenters. The molecule has 0 aromatic carbocycles. The van der Waals surface area contributed by atoms with Crippen LogP contribution in [-0.4, -0.2) is 29.2 Å². The van der Waals surface area contributed by atoms with E-state index in [1.807, 2.05) is 0 Å². The quantitative estimate of drug-likeness (QED) is 0.789. The number of furan rings is 1. The summed E-state index contributed by atoms with van der Waals surface area (Å²) >= 11 is 5.54. The SMILES string of the molecule is CCN(Cc1ccco1)S(=O)(=O)c1cnc(Cl)nc1. The zero-order valence-corrected chi connectivity index (χ0v) is 11.7. The van der Waals surface area contributed by atoms with Gasteiger partial charge in [-0.15, -0.1) is 0 Å². The van der Waals surface area contributed by atoms with Crippen molar-refractivity contribution < 1.29 is 12.8 Å². The highest BCUT2D eigenvalue weighted by atomic mass is 35.5. The first-order valence-electron chi connectivity index (χ1n) is 5.54. The smallest absolute Gasteiger partial charge is 0.246 e. The van der Waals surface area contributed by atoms with Crippen LogP contribution in [-0.2, 0) is 16.6 Å². The van der Waals surface area contributed by atoms with Crippen molar-refractivity contribution in [3.05, 3.63) is 41.8 Å². The Morgan fingerprint density at radius 2 is 2.05 bits per heavy atom. The average molecular weight is 302 g/mol. The molecule has 0 fully saturated rings. The molecule has 0 amide bonds. The molecule has 0 aliphatic heterocycles. The molecular formula is C11H12ClN3O3S. The second kappa shape index (κ2) is 5.68. The van der Waals surface area contributed by atoms with Crippen molar-refractivity contribution in [2.45, 2.75) is 18.4 Å². The lowest BCUT2D eigenvalue weighted by Gasteiger charge is -2.18. The van der Waals surface area contributed by atoms with Gasteiger partial charge in [-0.3, -0.25) is 0 Å². The highest BCUT2D eigenvalue weighted by molar-refractivity contribution is 7.89. The summed E-state index contributed by atoms with van der Waals surface area (Å²) in [7, 11) is -3.65. The second-order valence-electron chi connectivity index (χ2n) is 3.70. The van der Waals surface area contributed by atoms with E-state index in [9.17, 15) is 8.42 Å². The Hall–Kier alpha value is -1.44. The third-order valence-electron chi connectivity index (χ3n) is 2.50. The van der Waals surface area contributed by atoms with Crippen LogP contribution in [0.15, 0.2) is 40.1 Å². The Morgan fingerprint density at radius 1 is 1.37 bits per heavy atom. The van der Waals surface area contributed by atoms with Crippen molar-refractivity contribution in [1.82, 2.24) is 14.3 Å². The standard InChI is InChI=1S/C11H12ClN3O3S/c1-2-15(8-9-4-3-5-18-9)19(16,17)10-6-13-11(12)14-7-10/h3-7H,2,8H2,1H3.